The lowest BCUT2D eigenvalue weighted by Crippen LogP contribution is -2.44. The quantitative estimate of drug-likeness (QED) is 0.718. The van der Waals surface area contributed by atoms with Crippen LogP contribution in [0.15, 0.2) is 18.2 Å². The normalized spacial score (nSPS) is 11.7. The number of carbonyl (C=O) groups is 2. The topological polar surface area (TPSA) is 84.2 Å². The van der Waals surface area contributed by atoms with Crippen LogP contribution in [0.4, 0.5) is 5.69 Å². The van der Waals surface area contributed by atoms with Crippen LogP contribution in [0.25, 0.3) is 0 Å². The minimum Gasteiger partial charge on any atom is -0.398 e. The second-order valence-corrected chi connectivity index (χ2v) is 4.26. The van der Waals surface area contributed by atoms with E-state index in [1.165, 1.54) is 6.07 Å². The molecule has 0 saturated heterocycles. The van der Waals surface area contributed by atoms with Crippen LogP contribution in [0.2, 0.25) is 5.02 Å². The molecule has 0 saturated carbocycles. The Morgan fingerprint density at radius 3 is 2.72 bits per heavy atom. The first-order valence-corrected chi connectivity index (χ1v) is 5.97. The highest BCUT2D eigenvalue weighted by Gasteiger charge is 2.17. The minimum atomic E-state index is -0.629. The summed E-state index contributed by atoms with van der Waals surface area (Å²) in [6, 6.07) is 3.99. The maximum atomic E-state index is 11.9. The predicted octanol–water partition coefficient (Wildman–Crippen LogP) is 1.18. The number of nitrogen functional groups attached to an aromatic ring is 1. The first kappa shape index (κ1) is 14.3. The molecule has 18 heavy (non-hydrogen) atoms. The van der Waals surface area contributed by atoms with Crippen LogP contribution < -0.4 is 16.4 Å². The Balaban J connectivity index is 2.76. The first-order chi connectivity index (χ1) is 8.45. The highest BCUT2D eigenvalue weighted by molar-refractivity contribution is 6.31. The second-order valence-electron chi connectivity index (χ2n) is 3.82. The molecule has 4 N–H and O–H groups in total. The van der Waals surface area contributed by atoms with Gasteiger partial charge in [0.15, 0.2) is 0 Å². The standard InChI is InChI=1S/C12H16ClN3O2/c1-3-15-11(17)7(2)16-12(18)9-6-8(13)4-5-10(9)14/h4-7H,3,14H2,1-2H3,(H,15,17)(H,16,18). The molecule has 98 valence electrons. The van der Waals surface area contributed by atoms with E-state index in [9.17, 15) is 9.59 Å². The number of benzene rings is 1. The van der Waals surface area contributed by atoms with Gasteiger partial charge in [-0.15, -0.1) is 0 Å². The summed E-state index contributed by atoms with van der Waals surface area (Å²) in [5.74, 6) is -0.666. The monoisotopic (exact) mass is 269 g/mol. The van der Waals surface area contributed by atoms with Crippen molar-refractivity contribution < 1.29 is 9.59 Å². The summed E-state index contributed by atoms with van der Waals surface area (Å²) in [5, 5.41) is 5.59. The van der Waals surface area contributed by atoms with Crippen molar-refractivity contribution in [3.8, 4) is 0 Å². The molecule has 0 bridgehead atoms. The van der Waals surface area contributed by atoms with Crippen LogP contribution in [0.1, 0.15) is 24.2 Å². The fourth-order valence-electron chi connectivity index (χ4n) is 1.39. The smallest absolute Gasteiger partial charge is 0.254 e. The van der Waals surface area contributed by atoms with Crippen LogP contribution in [-0.2, 0) is 4.79 Å². The van der Waals surface area contributed by atoms with Crippen molar-refractivity contribution in [2.24, 2.45) is 0 Å². The zero-order chi connectivity index (χ0) is 13.7. The molecule has 0 fully saturated rings. The predicted molar refractivity (Wildman–Crippen MR) is 71.5 cm³/mol. The molecule has 1 aromatic rings. The van der Waals surface area contributed by atoms with Crippen molar-refractivity contribution >= 4 is 29.1 Å². The molecule has 5 nitrogen and oxygen atoms in total. The Morgan fingerprint density at radius 1 is 1.44 bits per heavy atom. The Bertz CT molecular complexity index is 463. The van der Waals surface area contributed by atoms with Crippen molar-refractivity contribution in [1.29, 1.82) is 0 Å². The summed E-state index contributed by atoms with van der Waals surface area (Å²) in [7, 11) is 0. The molecule has 0 aromatic heterocycles. The highest BCUT2D eigenvalue weighted by Crippen LogP contribution is 2.17. The molecule has 1 atom stereocenters. The van der Waals surface area contributed by atoms with E-state index in [0.29, 0.717) is 17.3 Å². The Morgan fingerprint density at radius 2 is 2.11 bits per heavy atom. The van der Waals surface area contributed by atoms with Gasteiger partial charge in [0.25, 0.3) is 5.91 Å². The summed E-state index contributed by atoms with van der Waals surface area (Å²) in [6.45, 7) is 3.92. The van der Waals surface area contributed by atoms with Gasteiger partial charge in [0, 0.05) is 17.3 Å². The van der Waals surface area contributed by atoms with Gasteiger partial charge in [-0.1, -0.05) is 11.6 Å². The molecule has 0 aliphatic heterocycles. The van der Waals surface area contributed by atoms with Gasteiger partial charge in [-0.3, -0.25) is 9.59 Å². The van der Waals surface area contributed by atoms with Crippen LogP contribution in [0, 0.1) is 0 Å². The van der Waals surface area contributed by atoms with Gasteiger partial charge >= 0.3 is 0 Å². The van der Waals surface area contributed by atoms with Gasteiger partial charge in [-0.05, 0) is 32.0 Å². The van der Waals surface area contributed by atoms with Crippen LogP contribution in [0.3, 0.4) is 0 Å². The van der Waals surface area contributed by atoms with Gasteiger partial charge < -0.3 is 16.4 Å². The first-order valence-electron chi connectivity index (χ1n) is 5.59. The van der Waals surface area contributed by atoms with Crippen LogP contribution >= 0.6 is 11.6 Å². The molecule has 0 aliphatic rings. The lowest BCUT2D eigenvalue weighted by atomic mass is 10.1. The number of hydrogen-bond donors (Lipinski definition) is 3. The Hall–Kier alpha value is -1.75. The Labute approximate surface area is 111 Å². The fraction of sp³-hybridized carbons (Fsp3) is 0.333. The molecule has 1 rings (SSSR count). The SMILES string of the molecule is CCNC(=O)C(C)NC(=O)c1cc(Cl)ccc1N. The zero-order valence-corrected chi connectivity index (χ0v) is 11.0. The molecule has 1 unspecified atom stereocenters. The van der Waals surface area contributed by atoms with E-state index in [-0.39, 0.29) is 11.5 Å². The second kappa shape index (κ2) is 6.26. The van der Waals surface area contributed by atoms with E-state index in [4.69, 9.17) is 17.3 Å². The molecule has 0 heterocycles. The van der Waals surface area contributed by atoms with Crippen molar-refractivity contribution in [2.75, 3.05) is 12.3 Å². The number of carbonyl (C=O) groups excluding carboxylic acids is 2. The molecular weight excluding hydrogens is 254 g/mol. The summed E-state index contributed by atoms with van der Waals surface area (Å²) >= 11 is 5.79. The molecule has 0 radical (unpaired) electrons. The summed E-state index contributed by atoms with van der Waals surface area (Å²) in [6.07, 6.45) is 0. The molecule has 6 heteroatoms. The molecular formula is C12H16ClN3O2. The van der Waals surface area contributed by atoms with Crippen molar-refractivity contribution in [2.45, 2.75) is 19.9 Å². The van der Waals surface area contributed by atoms with E-state index < -0.39 is 11.9 Å². The number of likely N-dealkylation sites (N-methyl/N-ethyl adjacent to an activating group) is 1. The summed E-state index contributed by atoms with van der Waals surface area (Å²) in [4.78, 5) is 23.4. The van der Waals surface area contributed by atoms with Crippen molar-refractivity contribution in [3.05, 3.63) is 28.8 Å². The molecule has 0 spiro atoms. The number of anilines is 1. The van der Waals surface area contributed by atoms with E-state index in [2.05, 4.69) is 10.6 Å². The summed E-state index contributed by atoms with van der Waals surface area (Å²) < 4.78 is 0. The van der Waals surface area contributed by atoms with Crippen molar-refractivity contribution in [3.63, 3.8) is 0 Å². The van der Waals surface area contributed by atoms with Gasteiger partial charge in [0.1, 0.15) is 6.04 Å². The maximum absolute atomic E-state index is 11.9. The van der Waals surface area contributed by atoms with Crippen LogP contribution in [0.5, 0.6) is 0 Å². The largest absolute Gasteiger partial charge is 0.398 e. The number of halogens is 1. The van der Waals surface area contributed by atoms with E-state index in [1.54, 1.807) is 26.0 Å². The van der Waals surface area contributed by atoms with E-state index in [1.807, 2.05) is 0 Å². The summed E-state index contributed by atoms with van der Waals surface area (Å²) in [5.41, 5.74) is 6.26. The number of amides is 2. The number of rotatable bonds is 4. The van der Waals surface area contributed by atoms with Crippen LogP contribution in [-0.4, -0.2) is 24.4 Å². The average molecular weight is 270 g/mol. The van der Waals surface area contributed by atoms with Crippen molar-refractivity contribution in [1.82, 2.24) is 10.6 Å². The number of nitrogens with one attached hydrogen (secondary N) is 2. The van der Waals surface area contributed by atoms with Gasteiger partial charge in [-0.25, -0.2) is 0 Å². The molecule has 1 aromatic carbocycles. The third-order valence-electron chi connectivity index (χ3n) is 2.35. The number of nitrogens with two attached hydrogens (primary N) is 1. The third kappa shape index (κ3) is 3.63. The van der Waals surface area contributed by atoms with Gasteiger partial charge in [0.05, 0.1) is 5.56 Å². The number of hydrogen-bond acceptors (Lipinski definition) is 3. The lowest BCUT2D eigenvalue weighted by molar-refractivity contribution is -0.122. The van der Waals surface area contributed by atoms with Gasteiger partial charge in [-0.2, -0.15) is 0 Å². The van der Waals surface area contributed by atoms with Gasteiger partial charge in [0.2, 0.25) is 5.91 Å². The average Bonchev–Trinajstić information content (AvgIpc) is 2.32. The zero-order valence-electron chi connectivity index (χ0n) is 10.3. The van der Waals surface area contributed by atoms with E-state index >= 15 is 0 Å². The lowest BCUT2D eigenvalue weighted by Gasteiger charge is -2.14. The highest BCUT2D eigenvalue weighted by atomic mass is 35.5. The third-order valence-corrected chi connectivity index (χ3v) is 2.59. The van der Waals surface area contributed by atoms with E-state index in [0.717, 1.165) is 0 Å². The molecule has 0 aliphatic carbocycles. The Kier molecular flexibility index (Phi) is 4.97. The molecule has 2 amide bonds. The minimum absolute atomic E-state index is 0.244. The maximum Gasteiger partial charge on any atom is 0.254 e. The fourth-order valence-corrected chi connectivity index (χ4v) is 1.56.